The Morgan fingerprint density at radius 2 is 2.21 bits per heavy atom. The Bertz CT molecular complexity index is 444. The lowest BCUT2D eigenvalue weighted by Crippen LogP contribution is -2.40. The molecule has 1 fully saturated rings. The van der Waals surface area contributed by atoms with Crippen LogP contribution < -0.4 is 5.32 Å². The van der Waals surface area contributed by atoms with Gasteiger partial charge in [-0.2, -0.15) is 0 Å². The number of aliphatic carboxylic acids is 1. The predicted molar refractivity (Wildman–Crippen MR) is 74.1 cm³/mol. The first-order valence-corrected chi connectivity index (χ1v) is 7.51. The van der Waals surface area contributed by atoms with Crippen LogP contribution in [-0.4, -0.2) is 23.0 Å². The van der Waals surface area contributed by atoms with Crippen LogP contribution in [0, 0.1) is 11.8 Å². The largest absolute Gasteiger partial charge is 0.481 e. The summed E-state index contributed by atoms with van der Waals surface area (Å²) >= 11 is 1.67. The van der Waals surface area contributed by atoms with Crippen molar-refractivity contribution in [2.75, 3.05) is 0 Å². The van der Waals surface area contributed by atoms with E-state index in [-0.39, 0.29) is 17.9 Å². The van der Waals surface area contributed by atoms with Crippen molar-refractivity contribution < 1.29 is 14.7 Å². The molecule has 0 radical (unpaired) electrons. The Balaban J connectivity index is 1.88. The fourth-order valence-corrected chi connectivity index (χ4v) is 3.54. The van der Waals surface area contributed by atoms with Crippen molar-refractivity contribution in [2.24, 2.45) is 11.8 Å². The zero-order valence-corrected chi connectivity index (χ0v) is 11.8. The van der Waals surface area contributed by atoms with E-state index in [1.807, 2.05) is 24.4 Å². The molecule has 104 valence electrons. The van der Waals surface area contributed by atoms with Crippen molar-refractivity contribution in [3.63, 3.8) is 0 Å². The van der Waals surface area contributed by atoms with Crippen molar-refractivity contribution in [3.8, 4) is 0 Å². The SMILES string of the molecule is CC(Cc1cccs1)NC(=O)[C@@H]1CCC[C@@H]1C(=O)O. The molecule has 1 amide bonds. The highest BCUT2D eigenvalue weighted by molar-refractivity contribution is 7.09. The highest BCUT2D eigenvalue weighted by atomic mass is 32.1. The van der Waals surface area contributed by atoms with E-state index in [0.717, 1.165) is 12.8 Å². The van der Waals surface area contributed by atoms with Crippen molar-refractivity contribution in [1.29, 1.82) is 0 Å². The molecule has 4 nitrogen and oxygen atoms in total. The van der Waals surface area contributed by atoms with E-state index in [2.05, 4.69) is 5.32 Å². The number of rotatable bonds is 5. The van der Waals surface area contributed by atoms with Crippen molar-refractivity contribution in [3.05, 3.63) is 22.4 Å². The minimum Gasteiger partial charge on any atom is -0.481 e. The average molecular weight is 281 g/mol. The monoisotopic (exact) mass is 281 g/mol. The van der Waals surface area contributed by atoms with E-state index in [1.54, 1.807) is 11.3 Å². The zero-order valence-electron chi connectivity index (χ0n) is 11.0. The number of hydrogen-bond donors (Lipinski definition) is 2. The summed E-state index contributed by atoms with van der Waals surface area (Å²) in [6, 6.07) is 4.08. The molecular formula is C14H19NO3S. The van der Waals surface area contributed by atoms with Gasteiger partial charge < -0.3 is 10.4 Å². The molecule has 1 aromatic rings. The van der Waals surface area contributed by atoms with Crippen LogP contribution in [0.4, 0.5) is 0 Å². The molecule has 0 aliphatic heterocycles. The smallest absolute Gasteiger partial charge is 0.307 e. The number of carbonyl (C=O) groups is 2. The highest BCUT2D eigenvalue weighted by Crippen LogP contribution is 2.32. The number of carboxylic acid groups (broad SMARTS) is 1. The molecule has 0 aromatic carbocycles. The van der Waals surface area contributed by atoms with Gasteiger partial charge in [-0.25, -0.2) is 0 Å². The second-order valence-corrected chi connectivity index (χ2v) is 6.21. The van der Waals surface area contributed by atoms with Crippen LogP contribution in [-0.2, 0) is 16.0 Å². The molecule has 0 bridgehead atoms. The summed E-state index contributed by atoms with van der Waals surface area (Å²) in [5, 5.41) is 14.1. The van der Waals surface area contributed by atoms with Gasteiger partial charge >= 0.3 is 5.97 Å². The Morgan fingerprint density at radius 3 is 2.84 bits per heavy atom. The summed E-state index contributed by atoms with van der Waals surface area (Å²) in [5.41, 5.74) is 0. The third-order valence-corrected chi connectivity index (χ3v) is 4.54. The molecule has 0 spiro atoms. The predicted octanol–water partition coefficient (Wildman–Crippen LogP) is 2.30. The Morgan fingerprint density at radius 1 is 1.47 bits per heavy atom. The molecule has 5 heteroatoms. The van der Waals surface area contributed by atoms with Gasteiger partial charge in [-0.3, -0.25) is 9.59 Å². The molecule has 1 unspecified atom stereocenters. The molecule has 19 heavy (non-hydrogen) atoms. The van der Waals surface area contributed by atoms with Gasteiger partial charge in [0.05, 0.1) is 11.8 Å². The molecule has 1 heterocycles. The van der Waals surface area contributed by atoms with Crippen molar-refractivity contribution in [1.82, 2.24) is 5.32 Å². The highest BCUT2D eigenvalue weighted by Gasteiger charge is 2.37. The second-order valence-electron chi connectivity index (χ2n) is 5.18. The van der Waals surface area contributed by atoms with E-state index in [4.69, 9.17) is 5.11 Å². The first-order valence-electron chi connectivity index (χ1n) is 6.63. The molecule has 2 N–H and O–H groups in total. The first-order chi connectivity index (χ1) is 9.08. The fourth-order valence-electron chi connectivity index (χ4n) is 2.70. The van der Waals surface area contributed by atoms with Gasteiger partial charge in [-0.15, -0.1) is 11.3 Å². The molecule has 3 atom stereocenters. The van der Waals surface area contributed by atoms with Gasteiger partial charge in [0.25, 0.3) is 0 Å². The maximum Gasteiger partial charge on any atom is 0.307 e. The third kappa shape index (κ3) is 3.56. The lowest BCUT2D eigenvalue weighted by atomic mass is 9.95. The Labute approximate surface area is 116 Å². The lowest BCUT2D eigenvalue weighted by molar-refractivity contribution is -0.146. The summed E-state index contributed by atoms with van der Waals surface area (Å²) in [5.74, 6) is -1.81. The minimum absolute atomic E-state index is 0.0428. The van der Waals surface area contributed by atoms with E-state index < -0.39 is 11.9 Å². The third-order valence-electron chi connectivity index (χ3n) is 3.65. The molecule has 1 aromatic heterocycles. The molecule has 1 aliphatic carbocycles. The summed E-state index contributed by atoms with van der Waals surface area (Å²) in [4.78, 5) is 24.4. The van der Waals surface area contributed by atoms with Gasteiger partial charge in [0.2, 0.25) is 5.91 Å². The molecule has 1 aliphatic rings. The van der Waals surface area contributed by atoms with E-state index in [0.29, 0.717) is 12.8 Å². The van der Waals surface area contributed by atoms with Gasteiger partial charge in [-0.1, -0.05) is 12.5 Å². The van der Waals surface area contributed by atoms with Gasteiger partial charge in [0.1, 0.15) is 0 Å². The van der Waals surface area contributed by atoms with E-state index in [9.17, 15) is 9.59 Å². The summed E-state index contributed by atoms with van der Waals surface area (Å²) in [6.45, 7) is 1.96. The number of hydrogen-bond acceptors (Lipinski definition) is 3. The van der Waals surface area contributed by atoms with Crippen LogP contribution >= 0.6 is 11.3 Å². The van der Waals surface area contributed by atoms with Gasteiger partial charge in [-0.05, 0) is 31.2 Å². The summed E-state index contributed by atoms with van der Waals surface area (Å²) < 4.78 is 0. The second kappa shape index (κ2) is 6.19. The zero-order chi connectivity index (χ0) is 13.8. The number of carboxylic acids is 1. The number of carbonyl (C=O) groups excluding carboxylic acids is 1. The molecule has 2 rings (SSSR count). The quantitative estimate of drug-likeness (QED) is 0.870. The minimum atomic E-state index is -0.844. The Hall–Kier alpha value is -1.36. The van der Waals surface area contributed by atoms with Crippen LogP contribution in [0.5, 0.6) is 0 Å². The maximum atomic E-state index is 12.1. The van der Waals surface area contributed by atoms with Crippen LogP contribution in [0.2, 0.25) is 0 Å². The topological polar surface area (TPSA) is 66.4 Å². The maximum absolute atomic E-state index is 12.1. The standard InChI is InChI=1S/C14H19NO3S/c1-9(8-10-4-3-7-19-10)15-13(16)11-5-2-6-12(11)14(17)18/h3-4,7,9,11-12H,2,5-6,8H2,1H3,(H,15,16)(H,17,18)/t9?,11-,12+/m1/s1. The van der Waals surface area contributed by atoms with E-state index >= 15 is 0 Å². The van der Waals surface area contributed by atoms with Crippen LogP contribution in [0.1, 0.15) is 31.1 Å². The van der Waals surface area contributed by atoms with Crippen LogP contribution in [0.15, 0.2) is 17.5 Å². The molecule has 1 saturated carbocycles. The Kier molecular flexibility index (Phi) is 4.58. The number of nitrogens with one attached hydrogen (secondary N) is 1. The van der Waals surface area contributed by atoms with Gasteiger partial charge in [0.15, 0.2) is 0 Å². The van der Waals surface area contributed by atoms with Crippen LogP contribution in [0.3, 0.4) is 0 Å². The van der Waals surface area contributed by atoms with Gasteiger partial charge in [0, 0.05) is 17.3 Å². The summed E-state index contributed by atoms with van der Waals surface area (Å²) in [7, 11) is 0. The average Bonchev–Trinajstić information content (AvgIpc) is 2.97. The van der Waals surface area contributed by atoms with Crippen LogP contribution in [0.25, 0.3) is 0 Å². The number of thiophene rings is 1. The summed E-state index contributed by atoms with van der Waals surface area (Å²) in [6.07, 6.45) is 2.93. The first kappa shape index (κ1) is 14.1. The molecular weight excluding hydrogens is 262 g/mol. The molecule has 0 saturated heterocycles. The van der Waals surface area contributed by atoms with E-state index in [1.165, 1.54) is 4.88 Å². The fraction of sp³-hybridized carbons (Fsp3) is 0.571. The lowest BCUT2D eigenvalue weighted by Gasteiger charge is -2.19. The van der Waals surface area contributed by atoms with Crippen molar-refractivity contribution >= 4 is 23.2 Å². The number of amides is 1. The normalized spacial score (nSPS) is 24.1. The van der Waals surface area contributed by atoms with Crippen molar-refractivity contribution in [2.45, 2.75) is 38.6 Å².